The van der Waals surface area contributed by atoms with Gasteiger partial charge in [0.15, 0.2) is 23.1 Å². The Bertz CT molecular complexity index is 857. The van der Waals surface area contributed by atoms with Crippen LogP contribution in [0.25, 0.3) is 0 Å². The van der Waals surface area contributed by atoms with Gasteiger partial charge in [0, 0.05) is 31.9 Å². The van der Waals surface area contributed by atoms with Crippen LogP contribution in [0.2, 0.25) is 0 Å². The van der Waals surface area contributed by atoms with Gasteiger partial charge in [0.1, 0.15) is 0 Å². The van der Waals surface area contributed by atoms with Gasteiger partial charge in [0.25, 0.3) is 0 Å². The molecule has 144 valence electrons. The summed E-state index contributed by atoms with van der Waals surface area (Å²) in [5.74, 6) is -0.614. The van der Waals surface area contributed by atoms with Crippen LogP contribution in [-0.4, -0.2) is 45.2 Å². The number of carbonyl (C=O) groups excluding carboxylic acids is 1. The fraction of sp³-hybridized carbons (Fsp3) is 0.350. The highest BCUT2D eigenvalue weighted by Crippen LogP contribution is 2.33. The normalized spacial score (nSPS) is 13.1. The molecule has 0 aliphatic carbocycles. The van der Waals surface area contributed by atoms with Crippen molar-refractivity contribution in [1.29, 1.82) is 0 Å². The summed E-state index contributed by atoms with van der Waals surface area (Å²) in [4.78, 5) is 16.0. The van der Waals surface area contributed by atoms with Crippen molar-refractivity contribution in [1.82, 2.24) is 4.90 Å². The van der Waals surface area contributed by atoms with Crippen molar-refractivity contribution in [3.63, 3.8) is 0 Å². The largest absolute Gasteiger partial charge is 0.493 e. The summed E-state index contributed by atoms with van der Waals surface area (Å²) in [5, 5.41) is 0. The second-order valence-corrected chi connectivity index (χ2v) is 6.50. The summed E-state index contributed by atoms with van der Waals surface area (Å²) in [5.41, 5.74) is 2.60. The van der Waals surface area contributed by atoms with E-state index in [-0.39, 0.29) is 12.5 Å². The minimum atomic E-state index is -0.931. The molecular weight excluding hydrogens is 354 g/mol. The zero-order valence-electron chi connectivity index (χ0n) is 15.6. The molecule has 1 aliphatic heterocycles. The van der Waals surface area contributed by atoms with Crippen molar-refractivity contribution in [3.05, 3.63) is 53.1 Å². The third-order valence-electron chi connectivity index (χ3n) is 4.79. The molecule has 0 unspecified atom stereocenters. The number of rotatable bonds is 5. The fourth-order valence-electron chi connectivity index (χ4n) is 3.21. The van der Waals surface area contributed by atoms with Gasteiger partial charge in [-0.3, -0.25) is 4.79 Å². The highest BCUT2D eigenvalue weighted by Gasteiger charge is 2.23. The van der Waals surface area contributed by atoms with Crippen molar-refractivity contribution in [2.45, 2.75) is 13.0 Å². The van der Waals surface area contributed by atoms with Crippen LogP contribution in [-0.2, 0) is 17.8 Å². The molecule has 0 N–H and O–H groups in total. The average Bonchev–Trinajstić information content (AvgIpc) is 2.68. The van der Waals surface area contributed by atoms with E-state index in [9.17, 15) is 13.6 Å². The lowest BCUT2D eigenvalue weighted by molar-refractivity contribution is -0.130. The predicted molar refractivity (Wildman–Crippen MR) is 98.3 cm³/mol. The third kappa shape index (κ3) is 3.97. The van der Waals surface area contributed by atoms with Crippen LogP contribution in [0.15, 0.2) is 30.3 Å². The summed E-state index contributed by atoms with van der Waals surface area (Å²) in [6.07, 6.45) is 0.719. The summed E-state index contributed by atoms with van der Waals surface area (Å²) < 4.78 is 37.2. The first-order valence-electron chi connectivity index (χ1n) is 8.60. The number of amides is 1. The second-order valence-electron chi connectivity index (χ2n) is 6.50. The Morgan fingerprint density at radius 1 is 1.07 bits per heavy atom. The van der Waals surface area contributed by atoms with Gasteiger partial charge in [-0.1, -0.05) is 0 Å². The van der Waals surface area contributed by atoms with Crippen LogP contribution >= 0.6 is 0 Å². The number of halogens is 2. The van der Waals surface area contributed by atoms with Gasteiger partial charge in [-0.2, -0.15) is 0 Å². The van der Waals surface area contributed by atoms with Crippen LogP contribution < -0.4 is 14.4 Å². The molecule has 0 atom stereocenters. The lowest BCUT2D eigenvalue weighted by Gasteiger charge is -2.31. The van der Waals surface area contributed by atoms with Gasteiger partial charge in [-0.15, -0.1) is 0 Å². The first-order valence-corrected chi connectivity index (χ1v) is 8.60. The first kappa shape index (κ1) is 18.9. The maximum atomic E-state index is 13.4. The molecule has 7 heteroatoms. The zero-order chi connectivity index (χ0) is 19.6. The average molecular weight is 376 g/mol. The number of methoxy groups -OCH3 is 2. The minimum absolute atomic E-state index is 0.0771. The third-order valence-corrected chi connectivity index (χ3v) is 4.79. The van der Waals surface area contributed by atoms with Gasteiger partial charge in [0.2, 0.25) is 5.91 Å². The predicted octanol–water partition coefficient (Wildman–Crippen LogP) is 3.00. The number of likely N-dealkylation sites (N-methyl/N-ethyl adjacent to an activating group) is 1. The Balaban J connectivity index is 1.70. The number of carbonyl (C=O) groups is 1. The molecule has 0 fully saturated rings. The van der Waals surface area contributed by atoms with E-state index < -0.39 is 11.6 Å². The van der Waals surface area contributed by atoms with Crippen molar-refractivity contribution in [2.24, 2.45) is 0 Å². The summed E-state index contributed by atoms with van der Waals surface area (Å²) in [7, 11) is 4.85. The molecule has 2 aromatic rings. The molecule has 1 heterocycles. The van der Waals surface area contributed by atoms with Crippen molar-refractivity contribution in [2.75, 3.05) is 39.3 Å². The maximum Gasteiger partial charge on any atom is 0.242 e. The van der Waals surface area contributed by atoms with E-state index in [0.29, 0.717) is 30.3 Å². The van der Waals surface area contributed by atoms with Gasteiger partial charge in [-0.25, -0.2) is 8.78 Å². The van der Waals surface area contributed by atoms with E-state index in [4.69, 9.17) is 9.47 Å². The molecule has 0 saturated carbocycles. The SMILES string of the molecule is COc1cc2c(cc1OC)CN(C(=O)CN(C)c1ccc(F)c(F)c1)CC2. The molecule has 0 spiro atoms. The van der Waals surface area contributed by atoms with Gasteiger partial charge < -0.3 is 19.3 Å². The van der Waals surface area contributed by atoms with Gasteiger partial charge in [0.05, 0.1) is 20.8 Å². The molecule has 1 amide bonds. The molecule has 2 aromatic carbocycles. The quantitative estimate of drug-likeness (QED) is 0.805. The number of hydrogen-bond acceptors (Lipinski definition) is 4. The Kier molecular flexibility index (Phi) is 5.48. The molecule has 1 aliphatic rings. The molecule has 3 rings (SSSR count). The summed E-state index contributed by atoms with van der Waals surface area (Å²) in [6.45, 7) is 1.14. The Hall–Kier alpha value is -2.83. The Morgan fingerprint density at radius 2 is 1.74 bits per heavy atom. The Morgan fingerprint density at radius 3 is 2.37 bits per heavy atom. The summed E-state index contributed by atoms with van der Waals surface area (Å²) >= 11 is 0. The standard InChI is InChI=1S/C20H22F2N2O3/c1-23(15-4-5-16(21)17(22)10-15)12-20(25)24-7-6-13-8-18(26-2)19(27-3)9-14(13)11-24/h4-5,8-10H,6-7,11-12H2,1-3H3. The van der Waals surface area contributed by atoms with Crippen LogP contribution in [0.5, 0.6) is 11.5 Å². The fourth-order valence-corrected chi connectivity index (χ4v) is 3.21. The van der Waals surface area contributed by atoms with E-state index in [0.717, 1.165) is 29.7 Å². The highest BCUT2D eigenvalue weighted by molar-refractivity contribution is 5.81. The van der Waals surface area contributed by atoms with Crippen LogP contribution in [0.3, 0.4) is 0 Å². The number of nitrogens with zero attached hydrogens (tertiary/aromatic N) is 2. The molecular formula is C20H22F2N2O3. The molecule has 0 radical (unpaired) electrons. The second kappa shape index (κ2) is 7.82. The molecule has 0 aromatic heterocycles. The van der Waals surface area contributed by atoms with Crippen LogP contribution in [0.4, 0.5) is 14.5 Å². The maximum absolute atomic E-state index is 13.4. The van der Waals surface area contributed by atoms with E-state index in [1.807, 2.05) is 12.1 Å². The monoisotopic (exact) mass is 376 g/mol. The molecule has 0 bridgehead atoms. The van der Waals surface area contributed by atoms with Crippen molar-refractivity contribution in [3.8, 4) is 11.5 Å². The van der Waals surface area contributed by atoms with E-state index in [1.165, 1.54) is 6.07 Å². The number of benzene rings is 2. The van der Waals surface area contributed by atoms with E-state index in [2.05, 4.69) is 0 Å². The van der Waals surface area contributed by atoms with Gasteiger partial charge >= 0.3 is 0 Å². The topological polar surface area (TPSA) is 42.0 Å². The molecule has 0 saturated heterocycles. The van der Waals surface area contributed by atoms with E-state index in [1.54, 1.807) is 31.1 Å². The van der Waals surface area contributed by atoms with Crippen molar-refractivity contribution >= 4 is 11.6 Å². The number of ether oxygens (including phenoxy) is 2. The molecule has 27 heavy (non-hydrogen) atoms. The van der Waals surface area contributed by atoms with Crippen LogP contribution in [0, 0.1) is 11.6 Å². The van der Waals surface area contributed by atoms with E-state index >= 15 is 0 Å². The number of anilines is 1. The minimum Gasteiger partial charge on any atom is -0.493 e. The lowest BCUT2D eigenvalue weighted by atomic mass is 9.98. The first-order chi connectivity index (χ1) is 12.9. The zero-order valence-corrected chi connectivity index (χ0v) is 15.6. The number of hydrogen-bond donors (Lipinski definition) is 0. The lowest BCUT2D eigenvalue weighted by Crippen LogP contribution is -2.41. The number of fused-ring (bicyclic) bond motifs is 1. The van der Waals surface area contributed by atoms with Crippen LogP contribution in [0.1, 0.15) is 11.1 Å². The highest BCUT2D eigenvalue weighted by atomic mass is 19.2. The van der Waals surface area contributed by atoms with Gasteiger partial charge in [-0.05, 0) is 41.8 Å². The summed E-state index contributed by atoms with van der Waals surface area (Å²) in [6, 6.07) is 7.44. The molecule has 5 nitrogen and oxygen atoms in total. The van der Waals surface area contributed by atoms with Crippen molar-refractivity contribution < 1.29 is 23.0 Å². The Labute approximate surface area is 157 Å². The smallest absolute Gasteiger partial charge is 0.242 e.